The molecule has 4 N–H and O–H groups in total. The summed E-state index contributed by atoms with van der Waals surface area (Å²) in [6.07, 6.45) is 4.71. The van der Waals surface area contributed by atoms with Gasteiger partial charge in [0.05, 0.1) is 0 Å². The van der Waals surface area contributed by atoms with Crippen LogP contribution in [0.5, 0.6) is 0 Å². The highest BCUT2D eigenvalue weighted by Gasteiger charge is 2.07. The number of anilines is 1. The van der Waals surface area contributed by atoms with Crippen molar-refractivity contribution in [2.75, 3.05) is 31.5 Å². The lowest BCUT2D eigenvalue weighted by atomic mass is 10.1. The van der Waals surface area contributed by atoms with Gasteiger partial charge in [0.2, 0.25) is 11.8 Å². The molecule has 0 aliphatic rings. The Morgan fingerprint density at radius 3 is 2.03 bits per heavy atom. The van der Waals surface area contributed by atoms with Crippen LogP contribution in [0.15, 0.2) is 24.3 Å². The fraction of sp³-hybridized carbons (Fsp3) is 0.591. The van der Waals surface area contributed by atoms with Crippen molar-refractivity contribution in [2.45, 2.75) is 58.8 Å². The summed E-state index contributed by atoms with van der Waals surface area (Å²) in [4.78, 5) is 37.4. The summed E-state index contributed by atoms with van der Waals surface area (Å²) < 4.78 is 0. The zero-order valence-electron chi connectivity index (χ0n) is 18.2. The quantitative estimate of drug-likeness (QED) is 0.198. The van der Waals surface area contributed by atoms with Crippen molar-refractivity contribution in [3.05, 3.63) is 29.8 Å². The molecular formula is C22H36N4O4. The number of carbonyl (C=O) groups excluding carboxylic acids is 3. The van der Waals surface area contributed by atoms with E-state index in [0.29, 0.717) is 37.1 Å². The predicted octanol–water partition coefficient (Wildman–Crippen LogP) is 2.93. The molecule has 1 rings (SSSR count). The number of hydrogen-bond donors (Lipinski definition) is 4. The molecule has 0 saturated heterocycles. The molecule has 0 aliphatic carbocycles. The third kappa shape index (κ3) is 10.9. The fourth-order valence-corrected chi connectivity index (χ4v) is 3.06. The van der Waals surface area contributed by atoms with E-state index in [1.165, 1.54) is 0 Å². The lowest BCUT2D eigenvalue weighted by molar-refractivity contribution is -0.129. The van der Waals surface area contributed by atoms with Crippen molar-refractivity contribution in [3.63, 3.8) is 0 Å². The third-order valence-corrected chi connectivity index (χ3v) is 4.94. The fourth-order valence-electron chi connectivity index (χ4n) is 3.06. The summed E-state index contributed by atoms with van der Waals surface area (Å²) in [6, 6.07) is 6.88. The number of nitrogens with zero attached hydrogens (tertiary/aromatic N) is 1. The molecule has 0 spiro atoms. The number of hydroxylamine groups is 1. The van der Waals surface area contributed by atoms with Gasteiger partial charge in [0.1, 0.15) is 0 Å². The molecule has 0 fully saturated rings. The Labute approximate surface area is 179 Å². The van der Waals surface area contributed by atoms with Crippen LogP contribution in [0.1, 0.15) is 69.2 Å². The van der Waals surface area contributed by atoms with E-state index in [1.807, 2.05) is 0 Å². The molecule has 0 aromatic heterocycles. The second kappa shape index (κ2) is 15.4. The van der Waals surface area contributed by atoms with Crippen LogP contribution in [-0.2, 0) is 9.59 Å². The summed E-state index contributed by atoms with van der Waals surface area (Å²) >= 11 is 0. The van der Waals surface area contributed by atoms with Gasteiger partial charge in [0, 0.05) is 30.6 Å². The summed E-state index contributed by atoms with van der Waals surface area (Å²) in [6.45, 7) is 7.89. The minimum absolute atomic E-state index is 0.0725. The van der Waals surface area contributed by atoms with Gasteiger partial charge in [-0.25, -0.2) is 5.48 Å². The van der Waals surface area contributed by atoms with Gasteiger partial charge in [-0.05, 0) is 63.2 Å². The highest BCUT2D eigenvalue weighted by molar-refractivity contribution is 5.95. The Balaban J connectivity index is 2.24. The van der Waals surface area contributed by atoms with Crippen LogP contribution < -0.4 is 16.1 Å². The second-order valence-electron chi connectivity index (χ2n) is 7.21. The van der Waals surface area contributed by atoms with E-state index in [0.717, 1.165) is 45.3 Å². The number of amides is 3. The van der Waals surface area contributed by atoms with Gasteiger partial charge in [-0.15, -0.1) is 0 Å². The lowest BCUT2D eigenvalue weighted by Crippen LogP contribution is -2.29. The Bertz CT molecular complexity index is 645. The van der Waals surface area contributed by atoms with Gasteiger partial charge >= 0.3 is 0 Å². The minimum atomic E-state index is -0.385. The van der Waals surface area contributed by atoms with E-state index < -0.39 is 0 Å². The van der Waals surface area contributed by atoms with Crippen LogP contribution in [0, 0.1) is 0 Å². The van der Waals surface area contributed by atoms with Crippen LogP contribution >= 0.6 is 0 Å². The van der Waals surface area contributed by atoms with E-state index in [4.69, 9.17) is 5.21 Å². The first-order valence-electron chi connectivity index (χ1n) is 10.8. The van der Waals surface area contributed by atoms with Gasteiger partial charge in [-0.2, -0.15) is 0 Å². The molecular weight excluding hydrogens is 384 g/mol. The number of unbranched alkanes of at least 4 members (excludes halogenated alkanes) is 3. The van der Waals surface area contributed by atoms with Crippen LogP contribution in [-0.4, -0.2) is 54.0 Å². The molecule has 1 aromatic carbocycles. The number of rotatable bonds is 15. The Morgan fingerprint density at radius 2 is 1.47 bits per heavy atom. The van der Waals surface area contributed by atoms with Crippen molar-refractivity contribution in [2.24, 2.45) is 0 Å². The molecule has 3 amide bonds. The normalized spacial score (nSPS) is 10.7. The molecule has 8 nitrogen and oxygen atoms in total. The molecule has 0 heterocycles. The van der Waals surface area contributed by atoms with Crippen molar-refractivity contribution in [3.8, 4) is 0 Å². The molecule has 0 bridgehead atoms. The molecule has 0 atom stereocenters. The summed E-state index contributed by atoms with van der Waals surface area (Å²) in [5.41, 5.74) is 2.84. The SMILES string of the molecule is CCN(CC)CCCNC(=O)c1ccc(NC(=O)CCCCCCC(=O)NO)cc1. The van der Waals surface area contributed by atoms with Gasteiger partial charge in [-0.3, -0.25) is 19.6 Å². The first-order valence-corrected chi connectivity index (χ1v) is 10.8. The average Bonchev–Trinajstić information content (AvgIpc) is 2.76. The number of hydrogen-bond acceptors (Lipinski definition) is 5. The standard InChI is InChI=1S/C22H36N4O4/c1-3-26(4-2)17-9-16-23-22(29)18-12-14-19(15-13-18)24-20(27)10-7-5-6-8-11-21(28)25-30/h12-15,30H,3-11,16-17H2,1-2H3,(H,23,29)(H,24,27)(H,25,28). The summed E-state index contributed by atoms with van der Waals surface area (Å²) in [7, 11) is 0. The molecule has 0 aliphatic heterocycles. The first-order chi connectivity index (χ1) is 14.5. The first kappa shape index (κ1) is 25.6. The van der Waals surface area contributed by atoms with Gasteiger partial charge in [0.15, 0.2) is 0 Å². The Hall–Kier alpha value is -2.45. The maximum Gasteiger partial charge on any atom is 0.251 e. The van der Waals surface area contributed by atoms with E-state index in [-0.39, 0.29) is 17.7 Å². The van der Waals surface area contributed by atoms with E-state index >= 15 is 0 Å². The van der Waals surface area contributed by atoms with Crippen LogP contribution in [0.3, 0.4) is 0 Å². The van der Waals surface area contributed by atoms with E-state index in [9.17, 15) is 14.4 Å². The molecule has 8 heteroatoms. The molecule has 30 heavy (non-hydrogen) atoms. The largest absolute Gasteiger partial charge is 0.352 e. The Kier molecular flexibility index (Phi) is 13.1. The molecule has 1 aromatic rings. The summed E-state index contributed by atoms with van der Waals surface area (Å²) in [5.74, 6) is -0.566. The molecule has 168 valence electrons. The zero-order chi connectivity index (χ0) is 22.2. The lowest BCUT2D eigenvalue weighted by Gasteiger charge is -2.17. The predicted molar refractivity (Wildman–Crippen MR) is 117 cm³/mol. The van der Waals surface area contributed by atoms with Crippen LogP contribution in [0.25, 0.3) is 0 Å². The zero-order valence-corrected chi connectivity index (χ0v) is 18.2. The van der Waals surface area contributed by atoms with Crippen molar-refractivity contribution >= 4 is 23.4 Å². The van der Waals surface area contributed by atoms with E-state index in [1.54, 1.807) is 29.7 Å². The van der Waals surface area contributed by atoms with Crippen LogP contribution in [0.2, 0.25) is 0 Å². The summed E-state index contributed by atoms with van der Waals surface area (Å²) in [5, 5.41) is 14.2. The van der Waals surface area contributed by atoms with Crippen molar-refractivity contribution < 1.29 is 19.6 Å². The average molecular weight is 421 g/mol. The van der Waals surface area contributed by atoms with Crippen LogP contribution in [0.4, 0.5) is 5.69 Å². The van der Waals surface area contributed by atoms with Gasteiger partial charge < -0.3 is 15.5 Å². The second-order valence-corrected chi connectivity index (χ2v) is 7.21. The van der Waals surface area contributed by atoms with Gasteiger partial charge in [0.25, 0.3) is 5.91 Å². The maximum atomic E-state index is 12.2. The van der Waals surface area contributed by atoms with Crippen molar-refractivity contribution in [1.29, 1.82) is 0 Å². The number of nitrogens with one attached hydrogen (secondary N) is 3. The number of carbonyl (C=O) groups is 3. The van der Waals surface area contributed by atoms with Crippen molar-refractivity contribution in [1.82, 2.24) is 15.7 Å². The number of benzene rings is 1. The highest BCUT2D eigenvalue weighted by Crippen LogP contribution is 2.12. The van der Waals surface area contributed by atoms with Gasteiger partial charge in [-0.1, -0.05) is 26.7 Å². The monoisotopic (exact) mass is 420 g/mol. The maximum absolute atomic E-state index is 12.2. The minimum Gasteiger partial charge on any atom is -0.352 e. The topological polar surface area (TPSA) is 111 Å². The highest BCUT2D eigenvalue weighted by atomic mass is 16.5. The Morgan fingerprint density at radius 1 is 0.867 bits per heavy atom. The molecule has 0 saturated carbocycles. The third-order valence-electron chi connectivity index (χ3n) is 4.94. The molecule has 0 radical (unpaired) electrons. The smallest absolute Gasteiger partial charge is 0.251 e. The molecule has 0 unspecified atom stereocenters. The van der Waals surface area contributed by atoms with E-state index in [2.05, 4.69) is 29.4 Å².